The zero-order chi connectivity index (χ0) is 10.4. The van der Waals surface area contributed by atoms with Gasteiger partial charge in [0.1, 0.15) is 0 Å². The lowest BCUT2D eigenvalue weighted by Crippen LogP contribution is -2.27. The predicted octanol–water partition coefficient (Wildman–Crippen LogP) is 0.0983. The first-order valence-corrected chi connectivity index (χ1v) is 5.91. The normalized spacial score (nSPS) is 11.5. The van der Waals surface area contributed by atoms with Crippen molar-refractivity contribution in [3.63, 3.8) is 0 Å². The molecule has 0 aliphatic heterocycles. The van der Waals surface area contributed by atoms with E-state index in [0.29, 0.717) is 0 Å². The standard InChI is InChI=1S/C9H13NO3S/c11-6-7-14(12,13)10-8-9-4-2-1-3-5-9/h1-5,10-11H,6-8H2. The molecule has 4 nitrogen and oxygen atoms in total. The van der Waals surface area contributed by atoms with Crippen molar-refractivity contribution in [1.82, 2.24) is 4.72 Å². The molecule has 0 saturated carbocycles. The maximum atomic E-state index is 11.1. The molecule has 0 aliphatic carbocycles. The Morgan fingerprint density at radius 3 is 2.43 bits per heavy atom. The molecule has 0 bridgehead atoms. The fraction of sp³-hybridized carbons (Fsp3) is 0.333. The average molecular weight is 215 g/mol. The Kier molecular flexibility index (Phi) is 4.06. The van der Waals surface area contributed by atoms with Crippen LogP contribution < -0.4 is 4.72 Å². The number of aliphatic hydroxyl groups is 1. The van der Waals surface area contributed by atoms with Gasteiger partial charge in [0, 0.05) is 6.54 Å². The number of hydrogen-bond acceptors (Lipinski definition) is 3. The molecule has 5 heteroatoms. The summed E-state index contributed by atoms with van der Waals surface area (Å²) in [5, 5.41) is 8.48. The van der Waals surface area contributed by atoms with E-state index >= 15 is 0 Å². The predicted molar refractivity (Wildman–Crippen MR) is 54.2 cm³/mol. The van der Waals surface area contributed by atoms with Crippen LogP contribution in [0.15, 0.2) is 30.3 Å². The minimum atomic E-state index is -3.33. The molecule has 0 fully saturated rings. The van der Waals surface area contributed by atoms with Crippen molar-refractivity contribution >= 4 is 10.0 Å². The van der Waals surface area contributed by atoms with Crippen LogP contribution in [0.3, 0.4) is 0 Å². The summed E-state index contributed by atoms with van der Waals surface area (Å²) < 4.78 is 24.7. The second-order valence-corrected chi connectivity index (χ2v) is 4.78. The van der Waals surface area contributed by atoms with Gasteiger partial charge in [-0.3, -0.25) is 0 Å². The molecule has 0 aliphatic rings. The third-order valence-corrected chi connectivity index (χ3v) is 3.00. The molecule has 2 N–H and O–H groups in total. The largest absolute Gasteiger partial charge is 0.395 e. The molecule has 1 aromatic carbocycles. The number of hydrogen-bond donors (Lipinski definition) is 2. The monoisotopic (exact) mass is 215 g/mol. The highest BCUT2D eigenvalue weighted by molar-refractivity contribution is 7.89. The first-order chi connectivity index (χ1) is 6.64. The van der Waals surface area contributed by atoms with Gasteiger partial charge in [0.25, 0.3) is 0 Å². The zero-order valence-electron chi connectivity index (χ0n) is 7.68. The zero-order valence-corrected chi connectivity index (χ0v) is 8.50. The lowest BCUT2D eigenvalue weighted by atomic mass is 10.2. The molecular weight excluding hydrogens is 202 g/mol. The number of sulfonamides is 1. The Hall–Kier alpha value is -0.910. The maximum absolute atomic E-state index is 11.1. The fourth-order valence-corrected chi connectivity index (χ4v) is 1.75. The van der Waals surface area contributed by atoms with E-state index in [2.05, 4.69) is 4.72 Å². The molecule has 0 spiro atoms. The van der Waals surface area contributed by atoms with Crippen LogP contribution in [0.1, 0.15) is 5.56 Å². The number of rotatable bonds is 5. The number of benzene rings is 1. The summed E-state index contributed by atoms with van der Waals surface area (Å²) in [7, 11) is -3.33. The average Bonchev–Trinajstić information content (AvgIpc) is 2.17. The van der Waals surface area contributed by atoms with Crippen LogP contribution in [0, 0.1) is 0 Å². The van der Waals surface area contributed by atoms with Crippen LogP contribution >= 0.6 is 0 Å². The molecule has 0 atom stereocenters. The third kappa shape index (κ3) is 3.87. The van der Waals surface area contributed by atoms with Crippen molar-refractivity contribution in [3.8, 4) is 0 Å². The Morgan fingerprint density at radius 2 is 1.86 bits per heavy atom. The first-order valence-electron chi connectivity index (χ1n) is 4.26. The summed E-state index contributed by atoms with van der Waals surface area (Å²) in [5.41, 5.74) is 0.897. The van der Waals surface area contributed by atoms with E-state index in [1.165, 1.54) is 0 Å². The smallest absolute Gasteiger partial charge is 0.214 e. The van der Waals surface area contributed by atoms with E-state index in [9.17, 15) is 8.42 Å². The number of nitrogens with one attached hydrogen (secondary N) is 1. The molecule has 1 rings (SSSR count). The molecule has 0 aromatic heterocycles. The van der Waals surface area contributed by atoms with Crippen molar-refractivity contribution in [2.24, 2.45) is 0 Å². The lowest BCUT2D eigenvalue weighted by Gasteiger charge is -2.04. The minimum absolute atomic E-state index is 0.250. The van der Waals surface area contributed by atoms with Crippen molar-refractivity contribution in [2.45, 2.75) is 6.54 Å². The first kappa shape index (κ1) is 11.2. The van der Waals surface area contributed by atoms with Gasteiger partial charge in [-0.15, -0.1) is 0 Å². The summed E-state index contributed by atoms with van der Waals surface area (Å²) in [5.74, 6) is -0.250. The Bertz CT molecular complexity index is 361. The van der Waals surface area contributed by atoms with Crippen molar-refractivity contribution in [2.75, 3.05) is 12.4 Å². The van der Waals surface area contributed by atoms with Crippen LogP contribution in [0.4, 0.5) is 0 Å². The van der Waals surface area contributed by atoms with Crippen LogP contribution in [0.2, 0.25) is 0 Å². The van der Waals surface area contributed by atoms with Crippen LogP contribution in [-0.4, -0.2) is 25.9 Å². The summed E-state index contributed by atoms with van der Waals surface area (Å²) in [6.45, 7) is -0.0900. The van der Waals surface area contributed by atoms with Gasteiger partial charge in [-0.2, -0.15) is 0 Å². The van der Waals surface area contributed by atoms with E-state index in [1.807, 2.05) is 30.3 Å². The van der Waals surface area contributed by atoms with Gasteiger partial charge in [0.2, 0.25) is 10.0 Å². The van der Waals surface area contributed by atoms with Crippen LogP contribution in [0.25, 0.3) is 0 Å². The molecule has 14 heavy (non-hydrogen) atoms. The molecular formula is C9H13NO3S. The fourth-order valence-electron chi connectivity index (χ4n) is 0.981. The van der Waals surface area contributed by atoms with E-state index in [4.69, 9.17) is 5.11 Å². The maximum Gasteiger partial charge on any atom is 0.214 e. The Labute approximate surface area is 83.6 Å². The molecule has 0 saturated heterocycles. The van der Waals surface area contributed by atoms with E-state index < -0.39 is 10.0 Å². The topological polar surface area (TPSA) is 66.4 Å². The number of aliphatic hydroxyl groups excluding tert-OH is 1. The highest BCUT2D eigenvalue weighted by Gasteiger charge is 2.07. The summed E-state index contributed by atoms with van der Waals surface area (Å²) in [6.07, 6.45) is 0. The Morgan fingerprint density at radius 1 is 1.21 bits per heavy atom. The lowest BCUT2D eigenvalue weighted by molar-refractivity contribution is 0.319. The second kappa shape index (κ2) is 5.09. The van der Waals surface area contributed by atoms with E-state index in [0.717, 1.165) is 5.56 Å². The molecule has 0 unspecified atom stereocenters. The van der Waals surface area contributed by atoms with Gasteiger partial charge in [0.15, 0.2) is 0 Å². The molecule has 78 valence electrons. The van der Waals surface area contributed by atoms with Gasteiger partial charge in [0.05, 0.1) is 12.4 Å². The summed E-state index contributed by atoms with van der Waals surface area (Å²) >= 11 is 0. The second-order valence-electron chi connectivity index (χ2n) is 2.85. The van der Waals surface area contributed by atoms with Crippen molar-refractivity contribution in [1.29, 1.82) is 0 Å². The summed E-state index contributed by atoms with van der Waals surface area (Å²) in [6, 6.07) is 9.22. The molecule has 1 aromatic rings. The van der Waals surface area contributed by atoms with Crippen molar-refractivity contribution in [3.05, 3.63) is 35.9 Å². The van der Waals surface area contributed by atoms with Gasteiger partial charge >= 0.3 is 0 Å². The molecule has 0 amide bonds. The van der Waals surface area contributed by atoms with E-state index in [1.54, 1.807) is 0 Å². The molecule has 0 heterocycles. The molecule has 0 radical (unpaired) electrons. The Balaban J connectivity index is 2.49. The van der Waals surface area contributed by atoms with Gasteiger partial charge in [-0.05, 0) is 5.56 Å². The van der Waals surface area contributed by atoms with Gasteiger partial charge < -0.3 is 5.11 Å². The minimum Gasteiger partial charge on any atom is -0.395 e. The van der Waals surface area contributed by atoms with Gasteiger partial charge in [-0.25, -0.2) is 13.1 Å². The van der Waals surface area contributed by atoms with Crippen LogP contribution in [0.5, 0.6) is 0 Å². The third-order valence-electron chi connectivity index (χ3n) is 1.70. The highest BCUT2D eigenvalue weighted by Crippen LogP contribution is 1.98. The van der Waals surface area contributed by atoms with Crippen LogP contribution in [-0.2, 0) is 16.6 Å². The highest BCUT2D eigenvalue weighted by atomic mass is 32.2. The van der Waals surface area contributed by atoms with Crippen molar-refractivity contribution < 1.29 is 13.5 Å². The van der Waals surface area contributed by atoms with Gasteiger partial charge in [-0.1, -0.05) is 30.3 Å². The summed E-state index contributed by atoms with van der Waals surface area (Å²) in [4.78, 5) is 0. The SMILES string of the molecule is O=S(=O)(CCO)NCc1ccccc1. The van der Waals surface area contributed by atoms with E-state index in [-0.39, 0.29) is 18.9 Å². The quantitative estimate of drug-likeness (QED) is 0.732.